The van der Waals surface area contributed by atoms with Gasteiger partial charge in [-0.25, -0.2) is 4.79 Å². The lowest BCUT2D eigenvalue weighted by Crippen LogP contribution is -2.17. The van der Waals surface area contributed by atoms with Gasteiger partial charge in [0.05, 0.1) is 12.2 Å². The molecule has 24 heavy (non-hydrogen) atoms. The fraction of sp³-hybridized carbons (Fsp3) is 0.412. The maximum absolute atomic E-state index is 12.4. The van der Waals surface area contributed by atoms with Crippen LogP contribution in [0, 0.1) is 5.92 Å². The second kappa shape index (κ2) is 7.11. The first-order chi connectivity index (χ1) is 11.5. The summed E-state index contributed by atoms with van der Waals surface area (Å²) < 4.78 is 11.0. The number of esters is 1. The monoisotopic (exact) mass is 411 g/mol. The van der Waals surface area contributed by atoms with Crippen molar-refractivity contribution in [2.24, 2.45) is 5.92 Å². The maximum atomic E-state index is 12.4. The number of nitrogens with one attached hydrogen (secondary N) is 1. The van der Waals surface area contributed by atoms with E-state index < -0.39 is 0 Å². The van der Waals surface area contributed by atoms with Gasteiger partial charge in [-0.1, -0.05) is 6.92 Å². The van der Waals surface area contributed by atoms with E-state index in [0.29, 0.717) is 27.8 Å². The lowest BCUT2D eigenvalue weighted by Gasteiger charge is -2.18. The van der Waals surface area contributed by atoms with Crippen LogP contribution in [-0.2, 0) is 17.6 Å². The van der Waals surface area contributed by atoms with Crippen LogP contribution in [0.15, 0.2) is 21.2 Å². The third-order valence-corrected chi connectivity index (χ3v) is 5.64. The van der Waals surface area contributed by atoms with Crippen molar-refractivity contribution < 1.29 is 18.7 Å². The summed E-state index contributed by atoms with van der Waals surface area (Å²) in [7, 11) is 0. The number of carbonyl (C=O) groups is 2. The number of hydrogen-bond donors (Lipinski definition) is 1. The number of aryl methyl sites for hydroxylation is 1. The number of amides is 1. The Balaban J connectivity index is 1.94. The minimum absolute atomic E-state index is 0.191. The van der Waals surface area contributed by atoms with Crippen LogP contribution in [0.5, 0.6) is 0 Å². The molecule has 0 spiro atoms. The van der Waals surface area contributed by atoms with Gasteiger partial charge >= 0.3 is 5.97 Å². The number of furan rings is 1. The van der Waals surface area contributed by atoms with Crippen LogP contribution < -0.4 is 5.32 Å². The molecule has 1 aliphatic rings. The molecule has 128 valence electrons. The molecule has 1 amide bonds. The van der Waals surface area contributed by atoms with Crippen molar-refractivity contribution in [3.8, 4) is 0 Å². The zero-order valence-corrected chi connectivity index (χ0v) is 15.9. The van der Waals surface area contributed by atoms with E-state index >= 15 is 0 Å². The van der Waals surface area contributed by atoms with E-state index in [1.165, 1.54) is 11.3 Å². The highest BCUT2D eigenvalue weighted by molar-refractivity contribution is 9.10. The van der Waals surface area contributed by atoms with Gasteiger partial charge in [0.1, 0.15) is 5.00 Å². The van der Waals surface area contributed by atoms with E-state index in [2.05, 4.69) is 28.2 Å². The third-order valence-electron chi connectivity index (χ3n) is 4.01. The molecule has 1 aliphatic carbocycles. The van der Waals surface area contributed by atoms with Crippen molar-refractivity contribution in [3.05, 3.63) is 38.6 Å². The Hall–Kier alpha value is -1.60. The first-order valence-corrected chi connectivity index (χ1v) is 9.48. The summed E-state index contributed by atoms with van der Waals surface area (Å²) in [6.45, 7) is 4.25. The Morgan fingerprint density at radius 1 is 1.46 bits per heavy atom. The zero-order chi connectivity index (χ0) is 17.3. The predicted molar refractivity (Wildman–Crippen MR) is 95.8 cm³/mol. The summed E-state index contributed by atoms with van der Waals surface area (Å²) in [5, 5.41) is 3.36. The fourth-order valence-electron chi connectivity index (χ4n) is 2.87. The summed E-state index contributed by atoms with van der Waals surface area (Å²) in [4.78, 5) is 26.0. The van der Waals surface area contributed by atoms with Gasteiger partial charge in [0.25, 0.3) is 5.91 Å². The largest absolute Gasteiger partial charge is 0.462 e. The number of rotatable bonds is 4. The molecule has 7 heteroatoms. The number of halogens is 1. The molecule has 0 saturated heterocycles. The van der Waals surface area contributed by atoms with Gasteiger partial charge in [-0.05, 0) is 65.7 Å². The number of anilines is 1. The number of thiophene rings is 1. The standard InChI is InChI=1S/C17H18BrNO4S/c1-3-22-17(21)14-10-8-9(2)4-6-12(10)24-16(14)19-15(20)11-5-7-13(18)23-11/h5,7,9H,3-4,6,8H2,1-2H3,(H,19,20)/t9-/m0/s1. The average Bonchev–Trinajstić information content (AvgIpc) is 3.10. The van der Waals surface area contributed by atoms with E-state index in [1.807, 2.05) is 0 Å². The van der Waals surface area contributed by atoms with Crippen molar-refractivity contribution in [1.29, 1.82) is 0 Å². The summed E-state index contributed by atoms with van der Waals surface area (Å²) in [6.07, 6.45) is 2.85. The van der Waals surface area contributed by atoms with Crippen LogP contribution in [0.25, 0.3) is 0 Å². The Morgan fingerprint density at radius 3 is 2.92 bits per heavy atom. The molecule has 2 heterocycles. The normalized spacial score (nSPS) is 16.5. The van der Waals surface area contributed by atoms with Crippen LogP contribution in [-0.4, -0.2) is 18.5 Å². The Labute approximate surface area is 152 Å². The zero-order valence-electron chi connectivity index (χ0n) is 13.5. The van der Waals surface area contributed by atoms with Crippen molar-refractivity contribution in [2.45, 2.75) is 33.1 Å². The Kier molecular flexibility index (Phi) is 5.10. The van der Waals surface area contributed by atoms with Gasteiger partial charge in [-0.15, -0.1) is 11.3 Å². The highest BCUT2D eigenvalue weighted by atomic mass is 79.9. The summed E-state index contributed by atoms with van der Waals surface area (Å²) in [5.74, 6) is -0.0424. The molecule has 0 radical (unpaired) electrons. The lowest BCUT2D eigenvalue weighted by atomic mass is 9.88. The highest BCUT2D eigenvalue weighted by Crippen LogP contribution is 2.40. The smallest absolute Gasteiger partial charge is 0.341 e. The van der Waals surface area contributed by atoms with Gasteiger partial charge in [-0.2, -0.15) is 0 Å². The molecule has 2 aromatic heterocycles. The molecule has 0 bridgehead atoms. The third kappa shape index (κ3) is 3.42. The van der Waals surface area contributed by atoms with Gasteiger partial charge in [-0.3, -0.25) is 4.79 Å². The molecular weight excluding hydrogens is 394 g/mol. The molecule has 2 aromatic rings. The van der Waals surface area contributed by atoms with E-state index in [1.54, 1.807) is 19.1 Å². The second-order valence-electron chi connectivity index (χ2n) is 5.83. The van der Waals surface area contributed by atoms with E-state index in [-0.39, 0.29) is 17.6 Å². The number of fused-ring (bicyclic) bond motifs is 1. The van der Waals surface area contributed by atoms with Crippen molar-refractivity contribution in [2.75, 3.05) is 11.9 Å². The lowest BCUT2D eigenvalue weighted by molar-refractivity contribution is 0.0526. The number of carbonyl (C=O) groups excluding carboxylic acids is 2. The maximum Gasteiger partial charge on any atom is 0.341 e. The highest BCUT2D eigenvalue weighted by Gasteiger charge is 2.29. The predicted octanol–water partition coefficient (Wildman–Crippen LogP) is 4.66. The molecule has 1 N–H and O–H groups in total. The average molecular weight is 412 g/mol. The van der Waals surface area contributed by atoms with Crippen molar-refractivity contribution in [3.63, 3.8) is 0 Å². The summed E-state index contributed by atoms with van der Waals surface area (Å²) >= 11 is 4.64. The molecular formula is C17H18BrNO4S. The van der Waals surface area contributed by atoms with Gasteiger partial charge in [0, 0.05) is 4.88 Å². The van der Waals surface area contributed by atoms with E-state index in [4.69, 9.17) is 9.15 Å². The Morgan fingerprint density at radius 2 is 2.25 bits per heavy atom. The quantitative estimate of drug-likeness (QED) is 0.742. The molecule has 0 saturated carbocycles. The Bertz CT molecular complexity index is 780. The minimum Gasteiger partial charge on any atom is -0.462 e. The topological polar surface area (TPSA) is 68.5 Å². The molecule has 0 fully saturated rings. The number of ether oxygens (including phenoxy) is 1. The van der Waals surface area contributed by atoms with Gasteiger partial charge in [0.15, 0.2) is 10.4 Å². The molecule has 0 unspecified atom stereocenters. The molecule has 5 nitrogen and oxygen atoms in total. The number of hydrogen-bond acceptors (Lipinski definition) is 5. The van der Waals surface area contributed by atoms with Crippen LogP contribution in [0.2, 0.25) is 0 Å². The van der Waals surface area contributed by atoms with E-state index in [0.717, 1.165) is 29.7 Å². The fourth-order valence-corrected chi connectivity index (χ4v) is 4.40. The second-order valence-corrected chi connectivity index (χ2v) is 7.72. The molecule has 3 rings (SSSR count). The van der Waals surface area contributed by atoms with Crippen LogP contribution >= 0.6 is 27.3 Å². The summed E-state index contributed by atoms with van der Waals surface area (Å²) in [5.41, 5.74) is 1.52. The van der Waals surface area contributed by atoms with E-state index in [9.17, 15) is 9.59 Å². The van der Waals surface area contributed by atoms with Crippen LogP contribution in [0.3, 0.4) is 0 Å². The summed E-state index contributed by atoms with van der Waals surface area (Å²) in [6, 6.07) is 3.24. The molecule has 0 aromatic carbocycles. The van der Waals surface area contributed by atoms with Gasteiger partial charge < -0.3 is 14.5 Å². The van der Waals surface area contributed by atoms with Crippen LogP contribution in [0.4, 0.5) is 5.00 Å². The van der Waals surface area contributed by atoms with Gasteiger partial charge in [0.2, 0.25) is 0 Å². The first kappa shape index (κ1) is 17.2. The molecule has 1 atom stereocenters. The molecule has 0 aliphatic heterocycles. The SMILES string of the molecule is CCOC(=O)c1c(NC(=O)c2ccc(Br)o2)sc2c1C[C@@H](C)CC2. The van der Waals surface area contributed by atoms with Crippen molar-refractivity contribution in [1.82, 2.24) is 0 Å². The first-order valence-electron chi connectivity index (χ1n) is 7.88. The van der Waals surface area contributed by atoms with Crippen molar-refractivity contribution >= 4 is 44.1 Å². The minimum atomic E-state index is -0.377. The van der Waals surface area contributed by atoms with Crippen LogP contribution in [0.1, 0.15) is 51.6 Å².